The number of nitrogens with two attached hydrogens (primary N) is 1. The molecule has 0 saturated carbocycles. The van der Waals surface area contributed by atoms with E-state index in [-0.39, 0.29) is 13.0 Å². The first-order valence-electron chi connectivity index (χ1n) is 9.78. The zero-order valence-corrected chi connectivity index (χ0v) is 16.8. The van der Waals surface area contributed by atoms with Gasteiger partial charge in [0.25, 0.3) is 0 Å². The number of carboxylic acid groups (broad SMARTS) is 1. The Labute approximate surface area is 174 Å². The maximum Gasteiger partial charge on any atom is 0.326 e. The molecule has 1 heterocycles. The Bertz CT molecular complexity index is 770. The zero-order chi connectivity index (χ0) is 22.3. The van der Waals surface area contributed by atoms with E-state index in [1.807, 2.05) is 6.07 Å². The van der Waals surface area contributed by atoms with E-state index in [2.05, 4.69) is 10.6 Å². The Kier molecular flexibility index (Phi) is 8.31. The molecule has 10 nitrogen and oxygen atoms in total. The number of aliphatic hydroxyl groups is 1. The van der Waals surface area contributed by atoms with E-state index in [4.69, 9.17) is 5.73 Å². The molecule has 1 fully saturated rings. The second kappa shape index (κ2) is 10.7. The quantitative estimate of drug-likeness (QED) is 0.329. The maximum absolute atomic E-state index is 12.7. The fraction of sp³-hybridized carbons (Fsp3) is 0.500. The molecule has 0 spiro atoms. The molecule has 4 atom stereocenters. The third-order valence-electron chi connectivity index (χ3n) is 5.01. The summed E-state index contributed by atoms with van der Waals surface area (Å²) in [7, 11) is 0. The number of amides is 3. The lowest BCUT2D eigenvalue weighted by molar-refractivity contribution is -0.148. The molecule has 10 heteroatoms. The molecule has 1 saturated heterocycles. The highest BCUT2D eigenvalue weighted by molar-refractivity contribution is 5.93. The minimum absolute atomic E-state index is 0.153. The smallest absolute Gasteiger partial charge is 0.326 e. The second-order valence-corrected chi connectivity index (χ2v) is 7.32. The van der Waals surface area contributed by atoms with Gasteiger partial charge < -0.3 is 31.5 Å². The fourth-order valence-corrected chi connectivity index (χ4v) is 3.26. The van der Waals surface area contributed by atoms with E-state index in [1.165, 1.54) is 11.8 Å². The third kappa shape index (κ3) is 6.26. The molecule has 3 amide bonds. The first-order valence-corrected chi connectivity index (χ1v) is 9.78. The van der Waals surface area contributed by atoms with E-state index in [1.54, 1.807) is 24.3 Å². The Hall–Kier alpha value is -2.98. The Morgan fingerprint density at radius 2 is 1.87 bits per heavy atom. The van der Waals surface area contributed by atoms with Crippen LogP contribution in [0, 0.1) is 0 Å². The molecule has 0 aliphatic carbocycles. The molecule has 30 heavy (non-hydrogen) atoms. The average Bonchev–Trinajstić information content (AvgIpc) is 3.21. The maximum atomic E-state index is 12.7. The molecule has 1 aromatic carbocycles. The summed E-state index contributed by atoms with van der Waals surface area (Å²) in [5, 5.41) is 23.7. The van der Waals surface area contributed by atoms with Gasteiger partial charge in [-0.1, -0.05) is 30.3 Å². The van der Waals surface area contributed by atoms with Crippen LogP contribution in [0.3, 0.4) is 0 Å². The number of nitrogens with one attached hydrogen (secondary N) is 2. The number of hydrogen-bond donors (Lipinski definition) is 5. The van der Waals surface area contributed by atoms with Crippen LogP contribution in [0.1, 0.15) is 25.3 Å². The van der Waals surface area contributed by atoms with E-state index < -0.39 is 47.9 Å². The van der Waals surface area contributed by atoms with Gasteiger partial charge in [-0.25, -0.2) is 4.79 Å². The summed E-state index contributed by atoms with van der Waals surface area (Å²) in [5.74, 6) is -2.88. The summed E-state index contributed by atoms with van der Waals surface area (Å²) in [6, 6.07) is 5.84. The predicted octanol–water partition coefficient (Wildman–Crippen LogP) is -1.39. The van der Waals surface area contributed by atoms with Crippen LogP contribution in [0.4, 0.5) is 0 Å². The molecule has 2 rings (SSSR count). The number of rotatable bonds is 9. The lowest BCUT2D eigenvalue weighted by Gasteiger charge is -2.24. The van der Waals surface area contributed by atoms with Gasteiger partial charge >= 0.3 is 5.97 Å². The highest BCUT2D eigenvalue weighted by atomic mass is 16.4. The van der Waals surface area contributed by atoms with Gasteiger partial charge in [0, 0.05) is 13.0 Å². The molecule has 4 unspecified atom stereocenters. The van der Waals surface area contributed by atoms with Crippen LogP contribution in [0.25, 0.3) is 0 Å². The van der Waals surface area contributed by atoms with Gasteiger partial charge in [0.15, 0.2) is 0 Å². The lowest BCUT2D eigenvalue weighted by atomic mass is 10.0. The molecule has 164 valence electrons. The van der Waals surface area contributed by atoms with E-state index in [0.29, 0.717) is 19.4 Å². The van der Waals surface area contributed by atoms with Crippen molar-refractivity contribution in [3.63, 3.8) is 0 Å². The van der Waals surface area contributed by atoms with Gasteiger partial charge in [0.2, 0.25) is 17.7 Å². The SMILES string of the molecule is CC(O)C(N)C(=O)NC(Cc1ccccc1)C(=O)NCC(=O)N1CCCC1C(=O)O. The van der Waals surface area contributed by atoms with Gasteiger partial charge in [-0.3, -0.25) is 14.4 Å². The van der Waals surface area contributed by atoms with Crippen LogP contribution in [0.2, 0.25) is 0 Å². The summed E-state index contributed by atoms with van der Waals surface area (Å²) in [4.78, 5) is 49.8. The third-order valence-corrected chi connectivity index (χ3v) is 5.01. The summed E-state index contributed by atoms with van der Waals surface area (Å²) in [6.07, 6.45) is 0.00950. The molecule has 6 N–H and O–H groups in total. The zero-order valence-electron chi connectivity index (χ0n) is 16.8. The van der Waals surface area contributed by atoms with Crippen molar-refractivity contribution in [2.45, 2.75) is 50.4 Å². The van der Waals surface area contributed by atoms with E-state index >= 15 is 0 Å². The topological polar surface area (TPSA) is 162 Å². The average molecular weight is 420 g/mol. The summed E-state index contributed by atoms with van der Waals surface area (Å²) < 4.78 is 0. The Balaban J connectivity index is 2.03. The van der Waals surface area contributed by atoms with Crippen molar-refractivity contribution in [3.8, 4) is 0 Å². The van der Waals surface area contributed by atoms with Crippen LogP contribution in [-0.2, 0) is 25.6 Å². The number of carbonyl (C=O) groups excluding carboxylic acids is 3. The minimum atomic E-state index is -1.21. The van der Waals surface area contributed by atoms with Gasteiger partial charge in [0.1, 0.15) is 18.1 Å². The summed E-state index contributed by atoms with van der Waals surface area (Å²) in [5.41, 5.74) is 6.42. The van der Waals surface area contributed by atoms with E-state index in [9.17, 15) is 29.4 Å². The molecular formula is C20H28N4O6. The number of carbonyl (C=O) groups is 4. The van der Waals surface area contributed by atoms with Crippen molar-refractivity contribution in [3.05, 3.63) is 35.9 Å². The number of hydrogen-bond acceptors (Lipinski definition) is 6. The number of likely N-dealkylation sites (tertiary alicyclic amines) is 1. The number of nitrogens with zero attached hydrogens (tertiary/aromatic N) is 1. The Morgan fingerprint density at radius 1 is 1.20 bits per heavy atom. The monoisotopic (exact) mass is 420 g/mol. The highest BCUT2D eigenvalue weighted by Gasteiger charge is 2.34. The van der Waals surface area contributed by atoms with Gasteiger partial charge in [-0.2, -0.15) is 0 Å². The second-order valence-electron chi connectivity index (χ2n) is 7.32. The van der Waals surface area contributed by atoms with Gasteiger partial charge in [0.05, 0.1) is 12.6 Å². The molecule has 0 bridgehead atoms. The molecule has 0 radical (unpaired) electrons. The number of benzene rings is 1. The van der Waals surface area contributed by atoms with Crippen molar-refractivity contribution in [1.29, 1.82) is 0 Å². The van der Waals surface area contributed by atoms with Crippen molar-refractivity contribution >= 4 is 23.7 Å². The predicted molar refractivity (Wildman–Crippen MR) is 107 cm³/mol. The summed E-state index contributed by atoms with van der Waals surface area (Å²) in [6.45, 7) is 1.30. The molecule has 1 aliphatic rings. The lowest BCUT2D eigenvalue weighted by Crippen LogP contribution is -2.56. The molecule has 1 aliphatic heterocycles. The highest BCUT2D eigenvalue weighted by Crippen LogP contribution is 2.17. The standard InChI is InChI=1S/C20H28N4O6/c1-12(25)17(21)19(28)23-14(10-13-6-3-2-4-7-13)18(27)22-11-16(26)24-9-5-8-15(24)20(29)30/h2-4,6-7,12,14-15,17,25H,5,8-11,21H2,1H3,(H,22,27)(H,23,28)(H,29,30). The van der Waals surface area contributed by atoms with Crippen LogP contribution in [-0.4, -0.2) is 76.1 Å². The summed E-state index contributed by atoms with van der Waals surface area (Å²) >= 11 is 0. The first-order chi connectivity index (χ1) is 14.2. The fourth-order valence-electron chi connectivity index (χ4n) is 3.26. The van der Waals surface area contributed by atoms with E-state index in [0.717, 1.165) is 5.56 Å². The molecule has 1 aromatic rings. The molecular weight excluding hydrogens is 392 g/mol. The van der Waals surface area contributed by atoms with Crippen LogP contribution < -0.4 is 16.4 Å². The minimum Gasteiger partial charge on any atom is -0.480 e. The van der Waals surface area contributed by atoms with Crippen LogP contribution >= 0.6 is 0 Å². The van der Waals surface area contributed by atoms with Crippen LogP contribution in [0.15, 0.2) is 30.3 Å². The van der Waals surface area contributed by atoms with Gasteiger partial charge in [-0.15, -0.1) is 0 Å². The normalized spacial score (nSPS) is 18.9. The van der Waals surface area contributed by atoms with Crippen molar-refractivity contribution in [2.24, 2.45) is 5.73 Å². The van der Waals surface area contributed by atoms with Gasteiger partial charge in [-0.05, 0) is 25.3 Å². The first kappa shape index (κ1) is 23.3. The van der Waals surface area contributed by atoms with Crippen molar-refractivity contribution in [1.82, 2.24) is 15.5 Å². The number of aliphatic hydroxyl groups excluding tert-OH is 1. The van der Waals surface area contributed by atoms with Crippen LogP contribution in [0.5, 0.6) is 0 Å². The Morgan fingerprint density at radius 3 is 2.47 bits per heavy atom. The van der Waals surface area contributed by atoms with Crippen molar-refractivity contribution in [2.75, 3.05) is 13.1 Å². The van der Waals surface area contributed by atoms with Crippen molar-refractivity contribution < 1.29 is 29.4 Å². The largest absolute Gasteiger partial charge is 0.480 e. The molecule has 0 aromatic heterocycles. The number of carboxylic acids is 1. The number of aliphatic carboxylic acids is 1.